The Hall–Kier alpha value is -0.170. The van der Waals surface area contributed by atoms with Crippen LogP contribution in [0.4, 0.5) is 0 Å². The molecule has 1 heterocycles. The van der Waals surface area contributed by atoms with E-state index in [4.69, 9.17) is 9.88 Å². The van der Waals surface area contributed by atoms with Crippen molar-refractivity contribution >= 4 is 10.0 Å². The molecular weight excluding hydrogens is 216 g/mol. The molecule has 0 amide bonds. The first-order valence-corrected chi connectivity index (χ1v) is 7.02. The second kappa shape index (κ2) is 5.79. The molecular formula is C9H20N2O3S. The van der Waals surface area contributed by atoms with Crippen LogP contribution >= 0.6 is 0 Å². The summed E-state index contributed by atoms with van der Waals surface area (Å²) in [6, 6.07) is 0.329. The fourth-order valence-electron chi connectivity index (χ4n) is 1.81. The molecule has 15 heavy (non-hydrogen) atoms. The molecule has 1 unspecified atom stereocenters. The first kappa shape index (κ1) is 12.9. The quantitative estimate of drug-likeness (QED) is 0.685. The van der Waals surface area contributed by atoms with Crippen molar-refractivity contribution in [1.29, 1.82) is 0 Å². The normalized spacial score (nSPS) is 21.5. The molecule has 0 spiro atoms. The summed E-state index contributed by atoms with van der Waals surface area (Å²) in [6.07, 6.45) is 2.09. The highest BCUT2D eigenvalue weighted by molar-refractivity contribution is 7.89. The monoisotopic (exact) mass is 236 g/mol. The summed E-state index contributed by atoms with van der Waals surface area (Å²) in [6.45, 7) is 4.13. The number of sulfonamides is 1. The fourth-order valence-corrected chi connectivity index (χ4v) is 2.21. The smallest absolute Gasteiger partial charge is 0.210 e. The predicted molar refractivity (Wildman–Crippen MR) is 59.0 cm³/mol. The summed E-state index contributed by atoms with van der Waals surface area (Å²) in [5.41, 5.74) is 0. The molecule has 0 aromatic carbocycles. The van der Waals surface area contributed by atoms with E-state index in [2.05, 4.69) is 12.2 Å². The number of primary sulfonamides is 1. The number of ether oxygens (including phenoxy) is 1. The molecule has 1 atom stereocenters. The molecule has 0 aromatic heterocycles. The summed E-state index contributed by atoms with van der Waals surface area (Å²) in [4.78, 5) is 0. The highest BCUT2D eigenvalue weighted by atomic mass is 32.2. The van der Waals surface area contributed by atoms with E-state index in [0.717, 1.165) is 26.1 Å². The molecule has 0 bridgehead atoms. The Morgan fingerprint density at radius 3 is 2.60 bits per heavy atom. The van der Waals surface area contributed by atoms with Crippen molar-refractivity contribution in [3.8, 4) is 0 Å². The zero-order chi connectivity index (χ0) is 11.3. The zero-order valence-electron chi connectivity index (χ0n) is 9.11. The third kappa shape index (κ3) is 5.46. The van der Waals surface area contributed by atoms with Gasteiger partial charge in [-0.15, -0.1) is 0 Å². The highest BCUT2D eigenvalue weighted by Crippen LogP contribution is 2.18. The second-order valence-corrected chi connectivity index (χ2v) is 5.79. The summed E-state index contributed by atoms with van der Waals surface area (Å²) in [5, 5.41) is 8.11. The third-order valence-electron chi connectivity index (χ3n) is 2.83. The molecule has 1 fully saturated rings. The SMILES string of the molecule is CC(NCCS(N)(=O)=O)C1CCOCC1. The van der Waals surface area contributed by atoms with Crippen molar-refractivity contribution < 1.29 is 13.2 Å². The number of hydrogen-bond acceptors (Lipinski definition) is 4. The first-order chi connectivity index (χ1) is 6.99. The lowest BCUT2D eigenvalue weighted by Crippen LogP contribution is -2.39. The molecule has 0 saturated carbocycles. The van der Waals surface area contributed by atoms with Gasteiger partial charge in [-0.1, -0.05) is 0 Å². The Morgan fingerprint density at radius 1 is 1.47 bits per heavy atom. The van der Waals surface area contributed by atoms with E-state index in [1.54, 1.807) is 0 Å². The average Bonchev–Trinajstić information content (AvgIpc) is 2.17. The third-order valence-corrected chi connectivity index (χ3v) is 3.60. The Kier molecular flexibility index (Phi) is 4.98. The molecule has 5 nitrogen and oxygen atoms in total. The van der Waals surface area contributed by atoms with Gasteiger partial charge in [0.1, 0.15) is 0 Å². The maximum Gasteiger partial charge on any atom is 0.210 e. The van der Waals surface area contributed by atoms with Gasteiger partial charge in [-0.3, -0.25) is 0 Å². The van der Waals surface area contributed by atoms with Crippen LogP contribution in [0.15, 0.2) is 0 Å². The molecule has 0 radical (unpaired) electrons. The lowest BCUT2D eigenvalue weighted by Gasteiger charge is -2.28. The molecule has 0 aromatic rings. The van der Waals surface area contributed by atoms with Crippen LogP contribution < -0.4 is 10.5 Å². The second-order valence-electron chi connectivity index (χ2n) is 4.06. The van der Waals surface area contributed by atoms with Crippen LogP contribution in [0.5, 0.6) is 0 Å². The maximum absolute atomic E-state index is 10.7. The van der Waals surface area contributed by atoms with Gasteiger partial charge in [-0.25, -0.2) is 13.6 Å². The molecule has 0 aliphatic carbocycles. The van der Waals surface area contributed by atoms with E-state index in [1.165, 1.54) is 0 Å². The largest absolute Gasteiger partial charge is 0.381 e. The van der Waals surface area contributed by atoms with E-state index in [0.29, 0.717) is 18.5 Å². The van der Waals surface area contributed by atoms with Crippen molar-refractivity contribution in [2.75, 3.05) is 25.5 Å². The van der Waals surface area contributed by atoms with Crippen molar-refractivity contribution in [3.63, 3.8) is 0 Å². The maximum atomic E-state index is 10.7. The number of nitrogens with two attached hydrogens (primary N) is 1. The Labute approximate surface area is 91.4 Å². The summed E-state index contributed by atoms with van der Waals surface area (Å²) in [5.74, 6) is 0.583. The van der Waals surface area contributed by atoms with Crippen LogP contribution in [0, 0.1) is 5.92 Å². The molecule has 6 heteroatoms. The van der Waals surface area contributed by atoms with Gasteiger partial charge in [-0.05, 0) is 25.7 Å². The van der Waals surface area contributed by atoms with Crippen LogP contribution in [-0.2, 0) is 14.8 Å². The molecule has 1 aliphatic heterocycles. The summed E-state index contributed by atoms with van der Waals surface area (Å²) < 4.78 is 26.7. The van der Waals surface area contributed by atoms with Crippen molar-refractivity contribution in [3.05, 3.63) is 0 Å². The van der Waals surface area contributed by atoms with Gasteiger partial charge in [0, 0.05) is 25.8 Å². The number of rotatable bonds is 5. The van der Waals surface area contributed by atoms with Crippen LogP contribution in [-0.4, -0.2) is 40.0 Å². The van der Waals surface area contributed by atoms with Crippen LogP contribution in [0.3, 0.4) is 0 Å². The summed E-state index contributed by atoms with van der Waals surface area (Å²) >= 11 is 0. The number of nitrogens with one attached hydrogen (secondary N) is 1. The van der Waals surface area contributed by atoms with Crippen LogP contribution in [0.25, 0.3) is 0 Å². The zero-order valence-corrected chi connectivity index (χ0v) is 9.92. The predicted octanol–water partition coefficient (Wildman–Crippen LogP) is -0.320. The van der Waals surface area contributed by atoms with Crippen molar-refractivity contribution in [2.24, 2.45) is 11.1 Å². The van der Waals surface area contributed by atoms with Gasteiger partial charge in [0.25, 0.3) is 0 Å². The molecule has 1 aliphatic rings. The van der Waals surface area contributed by atoms with Gasteiger partial charge < -0.3 is 10.1 Å². The minimum atomic E-state index is -3.34. The standard InChI is InChI=1S/C9H20N2O3S/c1-8(9-2-5-14-6-3-9)11-4-7-15(10,12)13/h8-9,11H,2-7H2,1H3,(H2,10,12,13). The van der Waals surface area contributed by atoms with E-state index in [1.807, 2.05) is 0 Å². The molecule has 1 saturated heterocycles. The van der Waals surface area contributed by atoms with Crippen molar-refractivity contribution in [2.45, 2.75) is 25.8 Å². The van der Waals surface area contributed by atoms with Gasteiger partial charge in [-0.2, -0.15) is 0 Å². The highest BCUT2D eigenvalue weighted by Gasteiger charge is 2.20. The Balaban J connectivity index is 2.20. The summed E-state index contributed by atoms with van der Waals surface area (Å²) in [7, 11) is -3.34. The lowest BCUT2D eigenvalue weighted by molar-refractivity contribution is 0.0562. The van der Waals surface area contributed by atoms with E-state index in [-0.39, 0.29) is 5.75 Å². The van der Waals surface area contributed by atoms with Crippen LogP contribution in [0.1, 0.15) is 19.8 Å². The van der Waals surface area contributed by atoms with E-state index < -0.39 is 10.0 Å². The van der Waals surface area contributed by atoms with Gasteiger partial charge in [0.2, 0.25) is 10.0 Å². The Bertz CT molecular complexity index is 273. The van der Waals surface area contributed by atoms with Crippen molar-refractivity contribution in [1.82, 2.24) is 5.32 Å². The van der Waals surface area contributed by atoms with Gasteiger partial charge in [0.15, 0.2) is 0 Å². The van der Waals surface area contributed by atoms with Gasteiger partial charge in [0.05, 0.1) is 5.75 Å². The minimum Gasteiger partial charge on any atom is -0.381 e. The first-order valence-electron chi connectivity index (χ1n) is 5.30. The fraction of sp³-hybridized carbons (Fsp3) is 1.00. The lowest BCUT2D eigenvalue weighted by atomic mass is 9.93. The van der Waals surface area contributed by atoms with Gasteiger partial charge >= 0.3 is 0 Å². The topological polar surface area (TPSA) is 81.4 Å². The molecule has 1 rings (SSSR count). The van der Waals surface area contributed by atoms with E-state index in [9.17, 15) is 8.42 Å². The Morgan fingerprint density at radius 2 is 2.07 bits per heavy atom. The molecule has 3 N–H and O–H groups in total. The minimum absolute atomic E-state index is 0.000556. The number of hydrogen-bond donors (Lipinski definition) is 2. The average molecular weight is 236 g/mol. The molecule has 90 valence electrons. The van der Waals surface area contributed by atoms with E-state index >= 15 is 0 Å². The van der Waals surface area contributed by atoms with Crippen LogP contribution in [0.2, 0.25) is 0 Å².